The van der Waals surface area contributed by atoms with Crippen LogP contribution in [-0.2, 0) is 15.0 Å². The van der Waals surface area contributed by atoms with Crippen LogP contribution in [0, 0.1) is 0 Å². The molecule has 158 valence electrons. The summed E-state index contributed by atoms with van der Waals surface area (Å²) < 4.78 is 5.88. The molecule has 1 aliphatic heterocycles. The van der Waals surface area contributed by atoms with E-state index in [1.165, 1.54) is 5.56 Å². The number of carbonyl (C=O) groups is 3. The molecule has 0 unspecified atom stereocenters. The van der Waals surface area contributed by atoms with E-state index >= 15 is 0 Å². The SMILES string of the molecule is CCC(C)(C)c1ccc(Oc2ccc(NC(=O)CC[C@@H]3NC(=O)NC3=O)cc2)cc1. The summed E-state index contributed by atoms with van der Waals surface area (Å²) in [6, 6.07) is 14.0. The van der Waals surface area contributed by atoms with Gasteiger partial charge >= 0.3 is 6.03 Å². The van der Waals surface area contributed by atoms with Crippen molar-refractivity contribution in [3.05, 3.63) is 54.1 Å². The fourth-order valence-electron chi connectivity index (χ4n) is 3.08. The number of hydrogen-bond donors (Lipinski definition) is 3. The highest BCUT2D eigenvalue weighted by Crippen LogP contribution is 2.30. The van der Waals surface area contributed by atoms with E-state index < -0.39 is 18.0 Å². The third-order valence-corrected chi connectivity index (χ3v) is 5.41. The molecule has 1 saturated heterocycles. The third-order valence-electron chi connectivity index (χ3n) is 5.41. The lowest BCUT2D eigenvalue weighted by atomic mass is 9.82. The standard InChI is InChI=1S/C23H27N3O4/c1-4-23(2,3)15-5-9-17(10-6-15)30-18-11-7-16(8-12-18)24-20(27)14-13-19-21(28)26-22(29)25-19/h5-12,19H,4,13-14H2,1-3H3,(H,24,27)(H2,25,26,28,29)/t19-/m0/s1. The van der Waals surface area contributed by atoms with Crippen LogP contribution < -0.4 is 20.7 Å². The predicted octanol–water partition coefficient (Wildman–Crippen LogP) is 4.09. The van der Waals surface area contributed by atoms with Gasteiger partial charge in [0.05, 0.1) is 0 Å². The number of urea groups is 1. The number of hydrogen-bond acceptors (Lipinski definition) is 4. The largest absolute Gasteiger partial charge is 0.457 e. The molecule has 1 heterocycles. The van der Waals surface area contributed by atoms with E-state index in [0.29, 0.717) is 11.4 Å². The molecule has 3 N–H and O–H groups in total. The second-order valence-corrected chi connectivity index (χ2v) is 7.99. The summed E-state index contributed by atoms with van der Waals surface area (Å²) in [6.07, 6.45) is 1.43. The molecule has 7 heteroatoms. The smallest absolute Gasteiger partial charge is 0.322 e. The van der Waals surface area contributed by atoms with Crippen molar-refractivity contribution in [3.8, 4) is 11.5 Å². The molecule has 0 aliphatic carbocycles. The number of anilines is 1. The van der Waals surface area contributed by atoms with Gasteiger partial charge in [0, 0.05) is 12.1 Å². The van der Waals surface area contributed by atoms with Gasteiger partial charge in [-0.2, -0.15) is 0 Å². The first-order valence-electron chi connectivity index (χ1n) is 10.1. The molecule has 0 radical (unpaired) electrons. The van der Waals surface area contributed by atoms with Gasteiger partial charge in [0.1, 0.15) is 17.5 Å². The van der Waals surface area contributed by atoms with E-state index in [-0.39, 0.29) is 24.2 Å². The molecule has 1 aliphatic rings. The second-order valence-electron chi connectivity index (χ2n) is 7.99. The van der Waals surface area contributed by atoms with Crippen molar-refractivity contribution in [1.82, 2.24) is 10.6 Å². The van der Waals surface area contributed by atoms with Crippen LogP contribution in [0.3, 0.4) is 0 Å². The van der Waals surface area contributed by atoms with Gasteiger partial charge in [-0.1, -0.05) is 32.9 Å². The number of carbonyl (C=O) groups excluding carboxylic acids is 3. The summed E-state index contributed by atoms with van der Waals surface area (Å²) in [4.78, 5) is 34.7. The van der Waals surface area contributed by atoms with Gasteiger partial charge in [0.2, 0.25) is 5.91 Å². The lowest BCUT2D eigenvalue weighted by molar-refractivity contribution is -0.120. The lowest BCUT2D eigenvalue weighted by Crippen LogP contribution is -2.30. The van der Waals surface area contributed by atoms with E-state index in [0.717, 1.165) is 12.2 Å². The van der Waals surface area contributed by atoms with Gasteiger partial charge < -0.3 is 15.4 Å². The van der Waals surface area contributed by atoms with E-state index in [9.17, 15) is 14.4 Å². The zero-order valence-corrected chi connectivity index (χ0v) is 17.5. The summed E-state index contributed by atoms with van der Waals surface area (Å²) in [5, 5.41) is 7.39. The Morgan fingerprint density at radius 3 is 2.17 bits per heavy atom. The average molecular weight is 409 g/mol. The number of rotatable bonds is 8. The molecule has 1 fully saturated rings. The number of imide groups is 1. The molecule has 1 atom stereocenters. The molecule has 2 aromatic carbocycles. The predicted molar refractivity (Wildman–Crippen MR) is 115 cm³/mol. The maximum absolute atomic E-state index is 12.1. The topological polar surface area (TPSA) is 96.5 Å². The van der Waals surface area contributed by atoms with Crippen molar-refractivity contribution in [2.45, 2.75) is 51.5 Å². The Bertz CT molecular complexity index is 920. The Hall–Kier alpha value is -3.35. The molecule has 0 aromatic heterocycles. The minimum absolute atomic E-state index is 0.122. The second kappa shape index (κ2) is 8.98. The zero-order chi connectivity index (χ0) is 21.7. The molecule has 2 aromatic rings. The lowest BCUT2D eigenvalue weighted by Gasteiger charge is -2.23. The van der Waals surface area contributed by atoms with E-state index in [1.807, 2.05) is 12.1 Å². The van der Waals surface area contributed by atoms with Crippen molar-refractivity contribution >= 4 is 23.5 Å². The summed E-state index contributed by atoms with van der Waals surface area (Å²) in [5.41, 5.74) is 2.03. The first-order valence-corrected chi connectivity index (χ1v) is 10.1. The Labute approximate surface area is 176 Å². The number of benzene rings is 2. The summed E-state index contributed by atoms with van der Waals surface area (Å²) >= 11 is 0. The highest BCUT2D eigenvalue weighted by Gasteiger charge is 2.29. The van der Waals surface area contributed by atoms with Crippen molar-refractivity contribution < 1.29 is 19.1 Å². The van der Waals surface area contributed by atoms with Gasteiger partial charge in [-0.25, -0.2) is 4.79 Å². The quantitative estimate of drug-likeness (QED) is 0.572. The van der Waals surface area contributed by atoms with Gasteiger partial charge in [0.25, 0.3) is 5.91 Å². The number of ether oxygens (including phenoxy) is 1. The minimum Gasteiger partial charge on any atom is -0.457 e. The van der Waals surface area contributed by atoms with Crippen LogP contribution in [0.15, 0.2) is 48.5 Å². The van der Waals surface area contributed by atoms with Crippen LogP contribution in [0.1, 0.15) is 45.6 Å². The van der Waals surface area contributed by atoms with Crippen LogP contribution in [0.4, 0.5) is 10.5 Å². The van der Waals surface area contributed by atoms with Crippen molar-refractivity contribution in [1.29, 1.82) is 0 Å². The molecule has 0 saturated carbocycles. The van der Waals surface area contributed by atoms with Crippen molar-refractivity contribution in [3.63, 3.8) is 0 Å². The molecule has 0 spiro atoms. The Balaban J connectivity index is 1.50. The molecular weight excluding hydrogens is 382 g/mol. The Morgan fingerprint density at radius 2 is 1.63 bits per heavy atom. The van der Waals surface area contributed by atoms with Crippen LogP contribution in [0.5, 0.6) is 11.5 Å². The van der Waals surface area contributed by atoms with Crippen LogP contribution >= 0.6 is 0 Å². The summed E-state index contributed by atoms with van der Waals surface area (Å²) in [7, 11) is 0. The van der Waals surface area contributed by atoms with Gasteiger partial charge in [-0.05, 0) is 60.2 Å². The fourth-order valence-corrected chi connectivity index (χ4v) is 3.08. The number of amides is 4. The van der Waals surface area contributed by atoms with Crippen molar-refractivity contribution in [2.24, 2.45) is 0 Å². The maximum atomic E-state index is 12.1. The highest BCUT2D eigenvalue weighted by atomic mass is 16.5. The molecule has 7 nitrogen and oxygen atoms in total. The minimum atomic E-state index is -0.659. The molecule has 0 bridgehead atoms. The average Bonchev–Trinajstić information content (AvgIpc) is 3.05. The first kappa shape index (κ1) is 21.4. The van der Waals surface area contributed by atoms with Crippen LogP contribution in [0.2, 0.25) is 0 Å². The van der Waals surface area contributed by atoms with Crippen LogP contribution in [0.25, 0.3) is 0 Å². The van der Waals surface area contributed by atoms with Gasteiger partial charge in [0.15, 0.2) is 0 Å². The van der Waals surface area contributed by atoms with Crippen LogP contribution in [-0.4, -0.2) is 23.9 Å². The zero-order valence-electron chi connectivity index (χ0n) is 17.5. The number of nitrogens with one attached hydrogen (secondary N) is 3. The third kappa shape index (κ3) is 5.37. The summed E-state index contributed by atoms with van der Waals surface area (Å²) in [6.45, 7) is 6.61. The Morgan fingerprint density at radius 1 is 1.03 bits per heavy atom. The van der Waals surface area contributed by atoms with E-state index in [2.05, 4.69) is 48.9 Å². The molecule has 3 rings (SSSR count). The Kier molecular flexibility index (Phi) is 6.40. The molecular formula is C23H27N3O4. The fraction of sp³-hybridized carbons (Fsp3) is 0.348. The monoisotopic (exact) mass is 409 g/mol. The maximum Gasteiger partial charge on any atom is 0.322 e. The van der Waals surface area contributed by atoms with E-state index in [4.69, 9.17) is 4.74 Å². The summed E-state index contributed by atoms with van der Waals surface area (Å²) in [5.74, 6) is 0.785. The van der Waals surface area contributed by atoms with Gasteiger partial charge in [-0.3, -0.25) is 14.9 Å². The highest BCUT2D eigenvalue weighted by molar-refractivity contribution is 6.04. The molecule has 30 heavy (non-hydrogen) atoms. The van der Waals surface area contributed by atoms with E-state index in [1.54, 1.807) is 24.3 Å². The first-order chi connectivity index (χ1) is 14.3. The van der Waals surface area contributed by atoms with Crippen molar-refractivity contribution in [2.75, 3.05) is 5.32 Å². The molecule has 4 amide bonds. The normalized spacial score (nSPS) is 16.0. The van der Waals surface area contributed by atoms with Gasteiger partial charge in [-0.15, -0.1) is 0 Å².